The van der Waals surface area contributed by atoms with Gasteiger partial charge < -0.3 is 15.4 Å². The first-order chi connectivity index (χ1) is 14.5. The van der Waals surface area contributed by atoms with E-state index in [9.17, 15) is 9.59 Å². The second-order valence-electron chi connectivity index (χ2n) is 6.37. The van der Waals surface area contributed by atoms with Crippen molar-refractivity contribution in [2.24, 2.45) is 0 Å². The largest absolute Gasteiger partial charge is 0.494 e. The number of fused-ring (bicyclic) bond motifs is 1. The fraction of sp³-hybridized carbons (Fsp3) is 0.238. The number of ether oxygens (including phenoxy) is 1. The zero-order chi connectivity index (χ0) is 21.5. The van der Waals surface area contributed by atoms with Crippen LogP contribution >= 0.6 is 23.6 Å². The van der Waals surface area contributed by atoms with Crippen LogP contribution in [-0.2, 0) is 4.79 Å². The number of hydrogen-bond donors (Lipinski definition) is 3. The average molecular weight is 443 g/mol. The van der Waals surface area contributed by atoms with E-state index in [-0.39, 0.29) is 16.9 Å². The number of aromatic nitrogens is 1. The van der Waals surface area contributed by atoms with Crippen LogP contribution in [0.4, 0.5) is 10.8 Å². The van der Waals surface area contributed by atoms with Crippen molar-refractivity contribution >= 4 is 61.5 Å². The second kappa shape index (κ2) is 10.1. The maximum atomic E-state index is 12.4. The molecule has 0 atom stereocenters. The van der Waals surface area contributed by atoms with E-state index < -0.39 is 0 Å². The third-order valence-electron chi connectivity index (χ3n) is 4.02. The number of amides is 2. The first kappa shape index (κ1) is 21.7. The van der Waals surface area contributed by atoms with Crippen LogP contribution in [0.2, 0.25) is 0 Å². The third kappa shape index (κ3) is 5.74. The van der Waals surface area contributed by atoms with E-state index in [0.717, 1.165) is 22.3 Å². The fourth-order valence-corrected chi connectivity index (χ4v) is 3.80. The highest BCUT2D eigenvalue weighted by atomic mass is 32.1. The summed E-state index contributed by atoms with van der Waals surface area (Å²) >= 11 is 6.64. The molecule has 0 saturated heterocycles. The number of carbonyl (C=O) groups is 2. The Morgan fingerprint density at radius 1 is 1.10 bits per heavy atom. The van der Waals surface area contributed by atoms with Crippen molar-refractivity contribution in [3.05, 3.63) is 48.0 Å². The summed E-state index contributed by atoms with van der Waals surface area (Å²) in [5.74, 6) is 0.348. The number of anilines is 2. The number of rotatable bonds is 7. The minimum absolute atomic E-state index is 0.0481. The van der Waals surface area contributed by atoms with Crippen LogP contribution in [0, 0.1) is 0 Å². The smallest absolute Gasteiger partial charge is 0.257 e. The molecule has 7 nitrogen and oxygen atoms in total. The number of nitrogens with one attached hydrogen (secondary N) is 3. The number of thiocarbonyl (C=S) groups is 1. The van der Waals surface area contributed by atoms with Crippen molar-refractivity contribution in [1.82, 2.24) is 10.3 Å². The summed E-state index contributed by atoms with van der Waals surface area (Å²) < 4.78 is 6.27. The molecule has 3 aromatic rings. The first-order valence-electron chi connectivity index (χ1n) is 9.54. The molecule has 1 heterocycles. The third-order valence-corrected chi connectivity index (χ3v) is 5.16. The van der Waals surface area contributed by atoms with Crippen LogP contribution in [-0.4, -0.2) is 28.5 Å². The van der Waals surface area contributed by atoms with Gasteiger partial charge in [0.2, 0.25) is 5.91 Å². The number of carbonyl (C=O) groups excluding carboxylic acids is 2. The van der Waals surface area contributed by atoms with Gasteiger partial charge in [0.1, 0.15) is 5.75 Å². The van der Waals surface area contributed by atoms with Crippen molar-refractivity contribution in [3.63, 3.8) is 0 Å². The number of nitrogens with zero attached hydrogens (tertiary/aromatic N) is 1. The Hall–Kier alpha value is -3.04. The minimum atomic E-state index is -0.310. The lowest BCUT2D eigenvalue weighted by atomic mass is 10.2. The molecule has 0 fully saturated rings. The van der Waals surface area contributed by atoms with E-state index in [0.29, 0.717) is 29.5 Å². The lowest BCUT2D eigenvalue weighted by Crippen LogP contribution is -2.34. The lowest BCUT2D eigenvalue weighted by molar-refractivity contribution is -0.116. The normalized spacial score (nSPS) is 10.5. The second-order valence-corrected chi connectivity index (χ2v) is 7.80. The van der Waals surface area contributed by atoms with E-state index >= 15 is 0 Å². The molecule has 0 unspecified atom stereocenters. The monoisotopic (exact) mass is 442 g/mol. The summed E-state index contributed by atoms with van der Waals surface area (Å²) in [5.41, 5.74) is 1.98. The molecule has 2 aromatic carbocycles. The predicted octanol–water partition coefficient (Wildman–Crippen LogP) is 4.56. The quantitative estimate of drug-likeness (QED) is 0.465. The highest BCUT2D eigenvalue weighted by molar-refractivity contribution is 7.80. The number of benzene rings is 2. The molecule has 9 heteroatoms. The topological polar surface area (TPSA) is 92.4 Å². The average Bonchev–Trinajstić information content (AvgIpc) is 3.10. The molecule has 156 valence electrons. The molecule has 0 aliphatic rings. The highest BCUT2D eigenvalue weighted by Crippen LogP contribution is 2.28. The summed E-state index contributed by atoms with van der Waals surface area (Å²) in [6.45, 7) is 4.42. The maximum Gasteiger partial charge on any atom is 0.257 e. The highest BCUT2D eigenvalue weighted by Gasteiger charge is 2.11. The van der Waals surface area contributed by atoms with Gasteiger partial charge in [-0.3, -0.25) is 14.9 Å². The Bertz CT molecular complexity index is 1060. The maximum absolute atomic E-state index is 12.4. The van der Waals surface area contributed by atoms with E-state index in [2.05, 4.69) is 20.9 Å². The molecule has 1 aromatic heterocycles. The molecule has 2 amide bonds. The molecule has 0 radical (unpaired) electrons. The Kier molecular flexibility index (Phi) is 7.31. The summed E-state index contributed by atoms with van der Waals surface area (Å²) in [4.78, 5) is 28.5. The molecule has 30 heavy (non-hydrogen) atoms. The molecule has 3 N–H and O–H groups in total. The molecular weight excluding hydrogens is 420 g/mol. The van der Waals surface area contributed by atoms with Gasteiger partial charge in [-0.25, -0.2) is 4.98 Å². The lowest BCUT2D eigenvalue weighted by Gasteiger charge is -2.10. The van der Waals surface area contributed by atoms with Gasteiger partial charge in [0, 0.05) is 17.7 Å². The molecule has 3 rings (SSSR count). The SMILES string of the molecule is CCCC(=O)Nc1nc2ccc(NC(=S)NC(=O)c3ccc(OCC)cc3)cc2s1. The van der Waals surface area contributed by atoms with Crippen molar-refractivity contribution in [2.75, 3.05) is 17.2 Å². The Labute approximate surface area is 183 Å². The van der Waals surface area contributed by atoms with Gasteiger partial charge in [-0.15, -0.1) is 0 Å². The van der Waals surface area contributed by atoms with Gasteiger partial charge in [0.25, 0.3) is 5.91 Å². The van der Waals surface area contributed by atoms with Crippen LogP contribution in [0.3, 0.4) is 0 Å². The van der Waals surface area contributed by atoms with Crippen LogP contribution in [0.1, 0.15) is 37.0 Å². The van der Waals surface area contributed by atoms with E-state index in [1.54, 1.807) is 24.3 Å². The van der Waals surface area contributed by atoms with Crippen LogP contribution in [0.15, 0.2) is 42.5 Å². The number of hydrogen-bond acceptors (Lipinski definition) is 6. The zero-order valence-corrected chi connectivity index (χ0v) is 18.3. The summed E-state index contributed by atoms with van der Waals surface area (Å²) in [6, 6.07) is 12.4. The van der Waals surface area contributed by atoms with Gasteiger partial charge in [-0.2, -0.15) is 0 Å². The summed E-state index contributed by atoms with van der Waals surface area (Å²) in [7, 11) is 0. The van der Waals surface area contributed by atoms with Crippen molar-refractivity contribution in [2.45, 2.75) is 26.7 Å². The fourth-order valence-electron chi connectivity index (χ4n) is 2.67. The van der Waals surface area contributed by atoms with Crippen molar-refractivity contribution in [3.8, 4) is 5.75 Å². The summed E-state index contributed by atoms with van der Waals surface area (Å²) in [5, 5.41) is 9.22. The van der Waals surface area contributed by atoms with Gasteiger partial charge in [0.15, 0.2) is 10.2 Å². The molecule has 0 saturated carbocycles. The van der Waals surface area contributed by atoms with Crippen molar-refractivity contribution in [1.29, 1.82) is 0 Å². The van der Waals surface area contributed by atoms with Crippen LogP contribution < -0.4 is 20.7 Å². The van der Waals surface area contributed by atoms with E-state index in [4.69, 9.17) is 17.0 Å². The first-order valence-corrected chi connectivity index (χ1v) is 10.8. The van der Waals surface area contributed by atoms with Gasteiger partial charge in [-0.1, -0.05) is 18.3 Å². The van der Waals surface area contributed by atoms with Gasteiger partial charge in [0.05, 0.1) is 16.8 Å². The Morgan fingerprint density at radius 3 is 2.57 bits per heavy atom. The molecule has 0 aliphatic heterocycles. The summed E-state index contributed by atoms with van der Waals surface area (Å²) in [6.07, 6.45) is 1.25. The Balaban J connectivity index is 1.61. The molecule has 0 spiro atoms. The minimum Gasteiger partial charge on any atom is -0.494 e. The van der Waals surface area contributed by atoms with Crippen LogP contribution in [0.5, 0.6) is 5.75 Å². The standard InChI is InChI=1S/C21H22N4O3S2/c1-3-5-18(26)24-21-23-16-11-8-14(12-17(16)30-21)22-20(29)25-19(27)13-6-9-15(10-7-13)28-4-2/h6-12H,3-5H2,1-2H3,(H,23,24,26)(H2,22,25,27,29). The van der Waals surface area contributed by atoms with E-state index in [1.807, 2.05) is 32.0 Å². The predicted molar refractivity (Wildman–Crippen MR) is 124 cm³/mol. The van der Waals surface area contributed by atoms with E-state index in [1.165, 1.54) is 11.3 Å². The van der Waals surface area contributed by atoms with Crippen molar-refractivity contribution < 1.29 is 14.3 Å². The van der Waals surface area contributed by atoms with Gasteiger partial charge >= 0.3 is 0 Å². The molecule has 0 bridgehead atoms. The molecular formula is C21H22N4O3S2. The molecule has 0 aliphatic carbocycles. The van der Waals surface area contributed by atoms with Crippen LogP contribution in [0.25, 0.3) is 10.2 Å². The van der Waals surface area contributed by atoms with Gasteiger partial charge in [-0.05, 0) is 68.0 Å². The Morgan fingerprint density at radius 2 is 1.87 bits per heavy atom. The number of thiazole rings is 1. The zero-order valence-electron chi connectivity index (χ0n) is 16.7.